The number of nitrogens with zero attached hydrogens (tertiary/aromatic N) is 1. The summed E-state index contributed by atoms with van der Waals surface area (Å²) in [4.78, 5) is 10.2. The van der Waals surface area contributed by atoms with E-state index < -0.39 is 10.7 Å². The van der Waals surface area contributed by atoms with Crippen molar-refractivity contribution in [3.8, 4) is 0 Å². The predicted molar refractivity (Wildman–Crippen MR) is 61.1 cm³/mol. The normalized spacial score (nSPS) is 12.4. The van der Waals surface area contributed by atoms with Crippen LogP contribution in [0.4, 0.5) is 10.1 Å². The Hall–Kier alpha value is -1.53. The van der Waals surface area contributed by atoms with E-state index in [4.69, 9.17) is 5.11 Å². The second-order valence-corrected chi connectivity index (χ2v) is 3.70. The average Bonchev–Trinajstić information content (AvgIpc) is 2.30. The Morgan fingerprint density at radius 2 is 2.29 bits per heavy atom. The molecule has 0 aromatic heterocycles. The molecule has 1 aromatic rings. The van der Waals surface area contributed by atoms with Crippen LogP contribution in [0.1, 0.15) is 18.9 Å². The van der Waals surface area contributed by atoms with Crippen molar-refractivity contribution in [2.45, 2.75) is 25.9 Å². The first-order valence-corrected chi connectivity index (χ1v) is 5.35. The summed E-state index contributed by atoms with van der Waals surface area (Å²) < 4.78 is 13.0. The number of nitro groups is 1. The number of rotatable bonds is 6. The fraction of sp³-hybridized carbons (Fsp3) is 0.455. The highest BCUT2D eigenvalue weighted by Crippen LogP contribution is 2.19. The number of nitro benzene ring substituents is 1. The molecule has 0 spiro atoms. The molecule has 1 aromatic carbocycles. The number of hydrogen-bond donors (Lipinski definition) is 2. The number of benzene rings is 1. The Morgan fingerprint density at radius 1 is 1.59 bits per heavy atom. The fourth-order valence-electron chi connectivity index (χ4n) is 1.47. The summed E-state index contributed by atoms with van der Waals surface area (Å²) in [6.45, 7) is 1.99. The Labute approximate surface area is 98.4 Å². The van der Waals surface area contributed by atoms with Crippen LogP contribution >= 0.6 is 0 Å². The summed E-state index contributed by atoms with van der Waals surface area (Å²) >= 11 is 0. The third kappa shape index (κ3) is 3.76. The largest absolute Gasteiger partial charge is 0.395 e. The van der Waals surface area contributed by atoms with Crippen LogP contribution in [0.5, 0.6) is 0 Å². The van der Waals surface area contributed by atoms with Crippen LogP contribution in [-0.2, 0) is 6.54 Å². The first-order valence-electron chi connectivity index (χ1n) is 5.35. The summed E-state index contributed by atoms with van der Waals surface area (Å²) in [6, 6.07) is 3.20. The van der Waals surface area contributed by atoms with Crippen LogP contribution in [0.2, 0.25) is 0 Å². The van der Waals surface area contributed by atoms with Crippen LogP contribution in [0, 0.1) is 15.9 Å². The van der Waals surface area contributed by atoms with Crippen molar-refractivity contribution in [2.24, 2.45) is 0 Å². The molecule has 1 atom stereocenters. The zero-order chi connectivity index (χ0) is 12.8. The molecule has 5 nitrogen and oxygen atoms in total. The van der Waals surface area contributed by atoms with Crippen molar-refractivity contribution in [1.82, 2.24) is 5.32 Å². The molecule has 94 valence electrons. The van der Waals surface area contributed by atoms with Gasteiger partial charge in [-0.25, -0.2) is 4.39 Å². The topological polar surface area (TPSA) is 75.4 Å². The molecule has 0 saturated heterocycles. The average molecular weight is 242 g/mol. The van der Waals surface area contributed by atoms with E-state index in [0.717, 1.165) is 18.2 Å². The standard InChI is InChI=1S/C11H15FN2O3/c1-2-10(7-15)13-6-8-5-9(12)3-4-11(8)14(16)17/h3-5,10,13,15H,2,6-7H2,1H3. The molecule has 0 aliphatic rings. The SMILES string of the molecule is CCC(CO)NCc1cc(F)ccc1[N+](=O)[O-]. The van der Waals surface area contributed by atoms with Gasteiger partial charge in [-0.15, -0.1) is 0 Å². The molecular formula is C11H15FN2O3. The zero-order valence-electron chi connectivity index (χ0n) is 9.52. The number of hydrogen-bond acceptors (Lipinski definition) is 4. The van der Waals surface area contributed by atoms with E-state index in [1.807, 2.05) is 6.92 Å². The maximum absolute atomic E-state index is 13.0. The van der Waals surface area contributed by atoms with Gasteiger partial charge in [0, 0.05) is 24.2 Å². The second kappa shape index (κ2) is 6.27. The Balaban J connectivity index is 2.81. The molecule has 0 aliphatic carbocycles. The van der Waals surface area contributed by atoms with Gasteiger partial charge >= 0.3 is 0 Å². The molecule has 6 heteroatoms. The third-order valence-corrected chi connectivity index (χ3v) is 2.53. The minimum absolute atomic E-state index is 0.0559. The first kappa shape index (κ1) is 13.5. The number of nitrogens with one attached hydrogen (secondary N) is 1. The van der Waals surface area contributed by atoms with E-state index in [-0.39, 0.29) is 30.4 Å². The molecule has 0 fully saturated rings. The quantitative estimate of drug-likeness (QED) is 0.586. The Morgan fingerprint density at radius 3 is 2.82 bits per heavy atom. The summed E-state index contributed by atoms with van der Waals surface area (Å²) in [5, 5.41) is 22.6. The lowest BCUT2D eigenvalue weighted by atomic mass is 10.1. The van der Waals surface area contributed by atoms with Gasteiger partial charge < -0.3 is 10.4 Å². The molecule has 2 N–H and O–H groups in total. The van der Waals surface area contributed by atoms with Gasteiger partial charge in [-0.3, -0.25) is 10.1 Å². The van der Waals surface area contributed by atoms with Crippen LogP contribution in [0.3, 0.4) is 0 Å². The number of aliphatic hydroxyl groups excluding tert-OH is 1. The Bertz CT molecular complexity index is 394. The van der Waals surface area contributed by atoms with E-state index in [0.29, 0.717) is 6.42 Å². The smallest absolute Gasteiger partial charge is 0.274 e. The molecular weight excluding hydrogens is 227 g/mol. The van der Waals surface area contributed by atoms with E-state index in [2.05, 4.69) is 5.32 Å². The van der Waals surface area contributed by atoms with Gasteiger partial charge in [-0.2, -0.15) is 0 Å². The zero-order valence-corrected chi connectivity index (χ0v) is 9.52. The molecule has 0 radical (unpaired) electrons. The van der Waals surface area contributed by atoms with Gasteiger partial charge in [0.15, 0.2) is 0 Å². The van der Waals surface area contributed by atoms with Crippen molar-refractivity contribution in [2.75, 3.05) is 6.61 Å². The fourth-order valence-corrected chi connectivity index (χ4v) is 1.47. The lowest BCUT2D eigenvalue weighted by Gasteiger charge is -2.13. The van der Waals surface area contributed by atoms with E-state index in [1.54, 1.807) is 0 Å². The van der Waals surface area contributed by atoms with Crippen LogP contribution in [0.25, 0.3) is 0 Å². The maximum atomic E-state index is 13.0. The van der Waals surface area contributed by atoms with Crippen molar-refractivity contribution in [3.63, 3.8) is 0 Å². The van der Waals surface area contributed by atoms with E-state index in [1.165, 1.54) is 0 Å². The molecule has 17 heavy (non-hydrogen) atoms. The van der Waals surface area contributed by atoms with Crippen molar-refractivity contribution < 1.29 is 14.4 Å². The van der Waals surface area contributed by atoms with Gasteiger partial charge in [-0.1, -0.05) is 6.92 Å². The Kier molecular flexibility index (Phi) is 4.99. The lowest BCUT2D eigenvalue weighted by molar-refractivity contribution is -0.385. The minimum atomic E-state index is -0.545. The second-order valence-electron chi connectivity index (χ2n) is 3.70. The third-order valence-electron chi connectivity index (χ3n) is 2.53. The van der Waals surface area contributed by atoms with Crippen molar-refractivity contribution >= 4 is 5.69 Å². The number of aliphatic hydroxyl groups is 1. The van der Waals surface area contributed by atoms with Gasteiger partial charge in [-0.05, 0) is 18.6 Å². The molecule has 0 amide bonds. The lowest BCUT2D eigenvalue weighted by Crippen LogP contribution is -2.31. The molecule has 0 aliphatic heterocycles. The van der Waals surface area contributed by atoms with Gasteiger partial charge in [0.25, 0.3) is 5.69 Å². The van der Waals surface area contributed by atoms with Crippen molar-refractivity contribution in [3.05, 3.63) is 39.7 Å². The highest BCUT2D eigenvalue weighted by molar-refractivity contribution is 5.40. The summed E-state index contributed by atoms with van der Waals surface area (Å²) in [5.41, 5.74) is 0.161. The maximum Gasteiger partial charge on any atom is 0.274 e. The molecule has 1 rings (SSSR count). The van der Waals surface area contributed by atoms with Crippen molar-refractivity contribution in [1.29, 1.82) is 0 Å². The monoisotopic (exact) mass is 242 g/mol. The summed E-state index contributed by atoms with van der Waals surface area (Å²) in [6.07, 6.45) is 0.694. The van der Waals surface area contributed by atoms with Crippen LogP contribution in [0.15, 0.2) is 18.2 Å². The van der Waals surface area contributed by atoms with E-state index >= 15 is 0 Å². The van der Waals surface area contributed by atoms with Gasteiger partial charge in [0.05, 0.1) is 11.5 Å². The van der Waals surface area contributed by atoms with Crippen LogP contribution in [-0.4, -0.2) is 22.7 Å². The summed E-state index contributed by atoms with van der Waals surface area (Å²) in [5.74, 6) is -0.510. The highest BCUT2D eigenvalue weighted by Gasteiger charge is 2.15. The number of halogens is 1. The highest BCUT2D eigenvalue weighted by atomic mass is 19.1. The molecule has 0 heterocycles. The van der Waals surface area contributed by atoms with Crippen LogP contribution < -0.4 is 5.32 Å². The molecule has 0 saturated carbocycles. The first-order chi connectivity index (χ1) is 8.08. The molecule has 1 unspecified atom stereocenters. The predicted octanol–water partition coefficient (Wildman–Crippen LogP) is 1.59. The van der Waals surface area contributed by atoms with Gasteiger partial charge in [0.1, 0.15) is 5.82 Å². The van der Waals surface area contributed by atoms with E-state index in [9.17, 15) is 14.5 Å². The minimum Gasteiger partial charge on any atom is -0.395 e. The summed E-state index contributed by atoms with van der Waals surface area (Å²) in [7, 11) is 0. The van der Waals surface area contributed by atoms with Gasteiger partial charge in [0.2, 0.25) is 0 Å². The molecule has 0 bridgehead atoms.